The van der Waals surface area contributed by atoms with Gasteiger partial charge in [-0.3, -0.25) is 9.59 Å². The van der Waals surface area contributed by atoms with Gasteiger partial charge in [-0.05, 0) is 40.8 Å². The summed E-state index contributed by atoms with van der Waals surface area (Å²) < 4.78 is 10.6. The Hall–Kier alpha value is -3.38. The molecule has 1 unspecified atom stereocenters. The zero-order valence-electron chi connectivity index (χ0n) is 19.6. The van der Waals surface area contributed by atoms with Crippen LogP contribution in [0.1, 0.15) is 43.5 Å². The Labute approximate surface area is 195 Å². The molecule has 6 nitrogen and oxygen atoms in total. The first-order valence-electron chi connectivity index (χ1n) is 10.9. The van der Waals surface area contributed by atoms with Crippen molar-refractivity contribution >= 4 is 17.4 Å². The van der Waals surface area contributed by atoms with Crippen LogP contribution in [0.5, 0.6) is 5.75 Å². The third-order valence-electron chi connectivity index (χ3n) is 5.66. The number of benzene rings is 2. The van der Waals surface area contributed by atoms with Crippen molar-refractivity contribution in [2.24, 2.45) is 0 Å². The van der Waals surface area contributed by atoms with Crippen molar-refractivity contribution in [1.29, 1.82) is 0 Å². The number of carbonyl (C=O) groups excluding carboxylic acids is 2. The number of carbonyl (C=O) groups is 2. The van der Waals surface area contributed by atoms with Gasteiger partial charge in [0, 0.05) is 19.2 Å². The lowest BCUT2D eigenvalue weighted by molar-refractivity contribution is -0.140. The maximum Gasteiger partial charge on any atom is 0.295 e. The summed E-state index contributed by atoms with van der Waals surface area (Å²) in [7, 11) is 1.54. The number of aliphatic hydroxyl groups is 1. The molecule has 1 aliphatic rings. The van der Waals surface area contributed by atoms with E-state index in [0.29, 0.717) is 17.9 Å². The monoisotopic (exact) mass is 449 g/mol. The second-order valence-electron chi connectivity index (χ2n) is 8.98. The molecular weight excluding hydrogens is 418 g/mol. The van der Waals surface area contributed by atoms with Gasteiger partial charge in [-0.1, -0.05) is 57.7 Å². The van der Waals surface area contributed by atoms with Gasteiger partial charge >= 0.3 is 0 Å². The fourth-order valence-corrected chi connectivity index (χ4v) is 3.83. The number of nitrogens with zero attached hydrogens (tertiary/aromatic N) is 1. The first kappa shape index (κ1) is 24.3. The minimum atomic E-state index is -0.708. The van der Waals surface area contributed by atoms with Gasteiger partial charge in [0.25, 0.3) is 11.7 Å². The summed E-state index contributed by atoms with van der Waals surface area (Å²) in [5.74, 6) is -0.959. The van der Waals surface area contributed by atoms with E-state index in [1.54, 1.807) is 37.5 Å². The van der Waals surface area contributed by atoms with Crippen LogP contribution < -0.4 is 4.74 Å². The number of ether oxygens (including phenoxy) is 2. The van der Waals surface area contributed by atoms with Crippen molar-refractivity contribution in [1.82, 2.24) is 4.90 Å². The number of ketones is 1. The molecule has 0 bridgehead atoms. The summed E-state index contributed by atoms with van der Waals surface area (Å²) in [6, 6.07) is 13.8. The zero-order chi connectivity index (χ0) is 24.2. The van der Waals surface area contributed by atoms with Gasteiger partial charge in [-0.2, -0.15) is 0 Å². The van der Waals surface area contributed by atoms with Crippen LogP contribution in [0.15, 0.2) is 66.8 Å². The van der Waals surface area contributed by atoms with Gasteiger partial charge in [0.1, 0.15) is 18.1 Å². The number of methoxy groups -OCH3 is 1. The highest BCUT2D eigenvalue weighted by Crippen LogP contribution is 2.40. The van der Waals surface area contributed by atoms with Crippen LogP contribution in [0, 0.1) is 0 Å². The van der Waals surface area contributed by atoms with Crippen molar-refractivity contribution in [3.63, 3.8) is 0 Å². The summed E-state index contributed by atoms with van der Waals surface area (Å²) in [6.45, 7) is 10.9. The van der Waals surface area contributed by atoms with Gasteiger partial charge in [0.05, 0.1) is 18.2 Å². The molecule has 1 fully saturated rings. The number of rotatable bonds is 8. The van der Waals surface area contributed by atoms with Gasteiger partial charge in [-0.25, -0.2) is 0 Å². The van der Waals surface area contributed by atoms with E-state index in [2.05, 4.69) is 27.4 Å². The Balaban J connectivity index is 2.07. The number of amides is 1. The Morgan fingerprint density at radius 1 is 1.09 bits per heavy atom. The van der Waals surface area contributed by atoms with Crippen LogP contribution in [0.3, 0.4) is 0 Å². The predicted octanol–water partition coefficient (Wildman–Crippen LogP) is 4.62. The van der Waals surface area contributed by atoms with E-state index in [1.807, 2.05) is 24.3 Å². The molecule has 1 aliphatic heterocycles. The van der Waals surface area contributed by atoms with E-state index in [9.17, 15) is 14.7 Å². The molecule has 1 saturated heterocycles. The summed E-state index contributed by atoms with van der Waals surface area (Å²) in [6.07, 6.45) is 1.64. The lowest BCUT2D eigenvalue weighted by Gasteiger charge is -2.26. The molecule has 0 radical (unpaired) electrons. The molecular formula is C27H31NO5. The molecule has 1 N–H and O–H groups in total. The topological polar surface area (TPSA) is 76.1 Å². The highest BCUT2D eigenvalue weighted by atomic mass is 16.5. The standard InChI is InChI=1S/C27H31NO5/c1-6-16-33-21-13-9-19(10-14-21)24(29)22-23(28(15-17-32-5)26(31)25(22)30)18-7-11-20(12-8-18)27(2,3)4/h6-14,23,29H,1,15-17H2,2-5H3/b24-22+. The van der Waals surface area contributed by atoms with Crippen molar-refractivity contribution in [2.75, 3.05) is 26.9 Å². The summed E-state index contributed by atoms with van der Waals surface area (Å²) in [5, 5.41) is 11.1. The van der Waals surface area contributed by atoms with Crippen molar-refractivity contribution in [2.45, 2.75) is 32.2 Å². The zero-order valence-corrected chi connectivity index (χ0v) is 19.6. The molecule has 6 heteroatoms. The molecule has 0 aromatic heterocycles. The second kappa shape index (κ2) is 10.0. The van der Waals surface area contributed by atoms with Crippen LogP contribution in [-0.4, -0.2) is 48.6 Å². The lowest BCUT2D eigenvalue weighted by atomic mass is 9.85. The molecule has 2 aromatic carbocycles. The SMILES string of the molecule is C=CCOc1ccc(/C(O)=C2\C(=O)C(=O)N(CCOC)C2c2ccc(C(C)(C)C)cc2)cc1. The third-order valence-corrected chi connectivity index (χ3v) is 5.66. The molecule has 2 aromatic rings. The molecule has 33 heavy (non-hydrogen) atoms. The molecule has 1 atom stereocenters. The van der Waals surface area contributed by atoms with Crippen LogP contribution in [0.2, 0.25) is 0 Å². The second-order valence-corrected chi connectivity index (χ2v) is 8.98. The van der Waals surface area contributed by atoms with Crippen LogP contribution in [0.4, 0.5) is 0 Å². The number of aliphatic hydroxyl groups excluding tert-OH is 1. The average molecular weight is 450 g/mol. The van der Waals surface area contributed by atoms with Crippen molar-refractivity contribution in [3.05, 3.63) is 83.4 Å². The number of likely N-dealkylation sites (tertiary alicyclic amines) is 1. The highest BCUT2D eigenvalue weighted by Gasteiger charge is 2.45. The quantitative estimate of drug-likeness (QED) is 0.276. The van der Waals surface area contributed by atoms with E-state index in [4.69, 9.17) is 9.47 Å². The fourth-order valence-electron chi connectivity index (χ4n) is 3.83. The number of hydrogen-bond donors (Lipinski definition) is 1. The Morgan fingerprint density at radius 3 is 2.27 bits per heavy atom. The maximum atomic E-state index is 13.0. The third kappa shape index (κ3) is 5.17. The Kier molecular flexibility index (Phi) is 7.39. The van der Waals surface area contributed by atoms with E-state index in [0.717, 1.165) is 11.1 Å². The number of Topliss-reactive ketones (excluding diaryl/α,β-unsaturated/α-hetero) is 1. The Bertz CT molecular complexity index is 1050. The first-order valence-corrected chi connectivity index (χ1v) is 10.9. The van der Waals surface area contributed by atoms with Crippen molar-refractivity contribution < 1.29 is 24.2 Å². The predicted molar refractivity (Wildman–Crippen MR) is 128 cm³/mol. The van der Waals surface area contributed by atoms with Crippen LogP contribution in [0.25, 0.3) is 5.76 Å². The van der Waals surface area contributed by atoms with Gasteiger partial charge in [0.15, 0.2) is 0 Å². The molecule has 1 amide bonds. The molecule has 174 valence electrons. The van der Waals surface area contributed by atoms with E-state index < -0.39 is 17.7 Å². The van der Waals surface area contributed by atoms with E-state index >= 15 is 0 Å². The van der Waals surface area contributed by atoms with Gasteiger partial charge in [0.2, 0.25) is 0 Å². The smallest absolute Gasteiger partial charge is 0.295 e. The largest absolute Gasteiger partial charge is 0.507 e. The fraction of sp³-hybridized carbons (Fsp3) is 0.333. The van der Waals surface area contributed by atoms with Gasteiger partial charge < -0.3 is 19.5 Å². The summed E-state index contributed by atoms with van der Waals surface area (Å²) in [5.41, 5.74) is 2.36. The van der Waals surface area contributed by atoms with Crippen LogP contribution in [-0.2, 0) is 19.7 Å². The Morgan fingerprint density at radius 2 is 1.73 bits per heavy atom. The summed E-state index contributed by atoms with van der Waals surface area (Å²) in [4.78, 5) is 27.4. The van der Waals surface area contributed by atoms with Gasteiger partial charge in [-0.15, -0.1) is 0 Å². The molecule has 0 spiro atoms. The van der Waals surface area contributed by atoms with Crippen LogP contribution >= 0.6 is 0 Å². The first-order chi connectivity index (χ1) is 15.7. The normalized spacial score (nSPS) is 17.9. The average Bonchev–Trinajstić information content (AvgIpc) is 3.05. The number of hydrogen-bond acceptors (Lipinski definition) is 5. The van der Waals surface area contributed by atoms with E-state index in [-0.39, 0.29) is 29.9 Å². The molecule has 3 rings (SSSR count). The summed E-state index contributed by atoms with van der Waals surface area (Å²) >= 11 is 0. The molecule has 0 aliphatic carbocycles. The molecule has 0 saturated carbocycles. The minimum Gasteiger partial charge on any atom is -0.507 e. The van der Waals surface area contributed by atoms with Crippen molar-refractivity contribution in [3.8, 4) is 5.75 Å². The molecule has 1 heterocycles. The van der Waals surface area contributed by atoms with E-state index in [1.165, 1.54) is 4.90 Å². The maximum absolute atomic E-state index is 13.0. The minimum absolute atomic E-state index is 0.0359. The highest BCUT2D eigenvalue weighted by molar-refractivity contribution is 6.46. The lowest BCUT2D eigenvalue weighted by Crippen LogP contribution is -2.32.